The number of rotatable bonds is 7. The number of methoxy groups -OCH3 is 1. The first kappa shape index (κ1) is 18.7. The predicted octanol–water partition coefficient (Wildman–Crippen LogP) is 1.30. The van der Waals surface area contributed by atoms with Gasteiger partial charge in [0, 0.05) is 13.1 Å². The molecule has 1 aromatic rings. The van der Waals surface area contributed by atoms with Crippen LogP contribution in [-0.4, -0.2) is 53.9 Å². The van der Waals surface area contributed by atoms with E-state index < -0.39 is 17.7 Å². The van der Waals surface area contributed by atoms with Crippen molar-refractivity contribution in [2.24, 2.45) is 5.73 Å². The molecule has 3 N–H and O–H groups in total. The second-order valence-electron chi connectivity index (χ2n) is 6.75. The molecule has 0 aromatic heterocycles. The van der Waals surface area contributed by atoms with Crippen LogP contribution in [0.3, 0.4) is 0 Å². The number of aliphatic hydroxyl groups excluding tert-OH is 1. The molecule has 0 bridgehead atoms. The normalized spacial score (nSPS) is 17.6. The van der Waals surface area contributed by atoms with E-state index in [9.17, 15) is 9.90 Å². The molecule has 0 aliphatic carbocycles. The minimum Gasteiger partial charge on any atom is -0.497 e. The Labute approximate surface area is 143 Å². The monoisotopic (exact) mass is 336 g/mol. The van der Waals surface area contributed by atoms with Gasteiger partial charge < -0.3 is 25.2 Å². The number of likely N-dealkylation sites (tertiary alicyclic amines) is 1. The largest absolute Gasteiger partial charge is 0.497 e. The van der Waals surface area contributed by atoms with E-state index in [2.05, 4.69) is 0 Å². The highest BCUT2D eigenvalue weighted by Crippen LogP contribution is 2.22. The van der Waals surface area contributed by atoms with Crippen LogP contribution in [0.1, 0.15) is 32.3 Å². The number of aliphatic hydroxyl groups is 1. The summed E-state index contributed by atoms with van der Waals surface area (Å²) < 4.78 is 11.0. The maximum absolute atomic E-state index is 12.4. The van der Waals surface area contributed by atoms with Crippen molar-refractivity contribution in [2.45, 2.75) is 51.0 Å². The van der Waals surface area contributed by atoms with Gasteiger partial charge in [0.1, 0.15) is 17.9 Å². The fraction of sp³-hybridized carbons (Fsp3) is 0.611. The van der Waals surface area contributed by atoms with Crippen LogP contribution in [0.5, 0.6) is 5.75 Å². The van der Waals surface area contributed by atoms with Crippen molar-refractivity contribution in [1.29, 1.82) is 0 Å². The Bertz CT molecular complexity index is 556. The first-order chi connectivity index (χ1) is 11.3. The first-order valence-corrected chi connectivity index (χ1v) is 8.34. The molecule has 0 saturated carbocycles. The van der Waals surface area contributed by atoms with E-state index in [1.807, 2.05) is 24.3 Å². The quantitative estimate of drug-likeness (QED) is 0.784. The second-order valence-corrected chi connectivity index (χ2v) is 6.75. The highest BCUT2D eigenvalue weighted by molar-refractivity contribution is 5.82. The molecule has 134 valence electrons. The van der Waals surface area contributed by atoms with Gasteiger partial charge in [0.05, 0.1) is 19.3 Å². The number of ether oxygens (including phenoxy) is 2. The third-order valence-corrected chi connectivity index (χ3v) is 4.50. The van der Waals surface area contributed by atoms with Crippen LogP contribution in [0, 0.1) is 0 Å². The van der Waals surface area contributed by atoms with Crippen LogP contribution < -0.4 is 10.5 Å². The molecule has 2 atom stereocenters. The van der Waals surface area contributed by atoms with Crippen molar-refractivity contribution in [3.63, 3.8) is 0 Å². The molecule has 1 fully saturated rings. The van der Waals surface area contributed by atoms with E-state index in [0.717, 1.165) is 24.2 Å². The topological polar surface area (TPSA) is 85.0 Å². The summed E-state index contributed by atoms with van der Waals surface area (Å²) in [5, 5.41) is 10.5. The molecule has 6 heteroatoms. The zero-order chi connectivity index (χ0) is 17.7. The summed E-state index contributed by atoms with van der Waals surface area (Å²) in [6.45, 7) is 5.21. The minimum atomic E-state index is -1.09. The molecule has 1 amide bonds. The molecule has 0 spiro atoms. The molecule has 1 aliphatic rings. The maximum Gasteiger partial charge on any atom is 0.242 e. The Hall–Kier alpha value is -1.63. The van der Waals surface area contributed by atoms with E-state index in [-0.39, 0.29) is 5.91 Å². The SMILES string of the molecule is COc1cccc(COC(C)(C)C(O)C(N)C(=O)N2CCCC2)c1. The fourth-order valence-corrected chi connectivity index (χ4v) is 2.83. The molecule has 2 rings (SSSR count). The summed E-state index contributed by atoms with van der Waals surface area (Å²) in [6.07, 6.45) is 0.894. The van der Waals surface area contributed by atoms with Gasteiger partial charge in [-0.25, -0.2) is 0 Å². The van der Waals surface area contributed by atoms with Crippen molar-refractivity contribution in [3.8, 4) is 5.75 Å². The third-order valence-electron chi connectivity index (χ3n) is 4.50. The van der Waals surface area contributed by atoms with E-state index in [1.165, 1.54) is 0 Å². The lowest BCUT2D eigenvalue weighted by Crippen LogP contribution is -2.57. The third kappa shape index (κ3) is 4.47. The summed E-state index contributed by atoms with van der Waals surface area (Å²) in [4.78, 5) is 14.1. The maximum atomic E-state index is 12.4. The van der Waals surface area contributed by atoms with Crippen LogP contribution in [0.2, 0.25) is 0 Å². The fourth-order valence-electron chi connectivity index (χ4n) is 2.83. The van der Waals surface area contributed by atoms with Gasteiger partial charge in [-0.1, -0.05) is 12.1 Å². The number of nitrogens with two attached hydrogens (primary N) is 1. The average Bonchev–Trinajstić information content (AvgIpc) is 3.12. The van der Waals surface area contributed by atoms with E-state index in [4.69, 9.17) is 15.2 Å². The summed E-state index contributed by atoms with van der Waals surface area (Å²) in [6, 6.07) is 6.54. The summed E-state index contributed by atoms with van der Waals surface area (Å²) in [5.41, 5.74) is 5.98. The Morgan fingerprint density at radius 2 is 2.04 bits per heavy atom. The van der Waals surface area contributed by atoms with E-state index in [0.29, 0.717) is 19.7 Å². The van der Waals surface area contributed by atoms with E-state index in [1.54, 1.807) is 25.9 Å². The molecule has 0 radical (unpaired) electrons. The van der Waals surface area contributed by atoms with Crippen LogP contribution in [0.15, 0.2) is 24.3 Å². The van der Waals surface area contributed by atoms with Gasteiger partial charge >= 0.3 is 0 Å². The minimum absolute atomic E-state index is 0.210. The Balaban J connectivity index is 1.95. The van der Waals surface area contributed by atoms with Crippen molar-refractivity contribution in [1.82, 2.24) is 4.90 Å². The predicted molar refractivity (Wildman–Crippen MR) is 91.7 cm³/mol. The number of nitrogens with zero attached hydrogens (tertiary/aromatic N) is 1. The molecule has 1 heterocycles. The number of benzene rings is 1. The van der Waals surface area contributed by atoms with Crippen molar-refractivity contribution in [2.75, 3.05) is 20.2 Å². The standard InChI is InChI=1S/C18H28N2O4/c1-18(2,24-12-13-7-6-8-14(11-13)23-3)16(21)15(19)17(22)20-9-4-5-10-20/h6-8,11,15-16,21H,4-5,9-10,12,19H2,1-3H3. The lowest BCUT2D eigenvalue weighted by Gasteiger charge is -2.35. The van der Waals surface area contributed by atoms with Crippen LogP contribution in [0.4, 0.5) is 0 Å². The summed E-state index contributed by atoms with van der Waals surface area (Å²) in [5.74, 6) is 0.536. The summed E-state index contributed by atoms with van der Waals surface area (Å²) >= 11 is 0. The van der Waals surface area contributed by atoms with Gasteiger partial charge in [0.2, 0.25) is 5.91 Å². The number of carbonyl (C=O) groups excluding carboxylic acids is 1. The zero-order valence-corrected chi connectivity index (χ0v) is 14.7. The van der Waals surface area contributed by atoms with Gasteiger partial charge in [0.15, 0.2) is 0 Å². The van der Waals surface area contributed by atoms with Crippen LogP contribution in [0.25, 0.3) is 0 Å². The Morgan fingerprint density at radius 1 is 1.38 bits per heavy atom. The molecule has 2 unspecified atom stereocenters. The molecule has 6 nitrogen and oxygen atoms in total. The highest BCUT2D eigenvalue weighted by Gasteiger charge is 2.39. The molecule has 1 saturated heterocycles. The molecule has 24 heavy (non-hydrogen) atoms. The number of amides is 1. The number of hydrogen-bond donors (Lipinski definition) is 2. The van der Waals surface area contributed by atoms with Gasteiger partial charge in [-0.3, -0.25) is 4.79 Å². The van der Waals surface area contributed by atoms with Crippen molar-refractivity contribution >= 4 is 5.91 Å². The number of carbonyl (C=O) groups is 1. The van der Waals surface area contributed by atoms with Crippen molar-refractivity contribution < 1.29 is 19.4 Å². The van der Waals surface area contributed by atoms with Crippen LogP contribution >= 0.6 is 0 Å². The second kappa shape index (κ2) is 7.96. The van der Waals surface area contributed by atoms with Crippen LogP contribution in [-0.2, 0) is 16.1 Å². The van der Waals surface area contributed by atoms with E-state index >= 15 is 0 Å². The molecular weight excluding hydrogens is 308 g/mol. The van der Waals surface area contributed by atoms with Gasteiger partial charge in [0.25, 0.3) is 0 Å². The smallest absolute Gasteiger partial charge is 0.242 e. The first-order valence-electron chi connectivity index (χ1n) is 8.34. The molecule has 1 aromatic carbocycles. The van der Waals surface area contributed by atoms with Crippen molar-refractivity contribution in [3.05, 3.63) is 29.8 Å². The average molecular weight is 336 g/mol. The summed E-state index contributed by atoms with van der Waals surface area (Å²) in [7, 11) is 1.61. The highest BCUT2D eigenvalue weighted by atomic mass is 16.5. The molecular formula is C18H28N2O4. The van der Waals surface area contributed by atoms with Gasteiger partial charge in [-0.2, -0.15) is 0 Å². The Kier molecular flexibility index (Phi) is 6.21. The number of hydrogen-bond acceptors (Lipinski definition) is 5. The molecule has 1 aliphatic heterocycles. The van der Waals surface area contributed by atoms with Gasteiger partial charge in [-0.05, 0) is 44.4 Å². The lowest BCUT2D eigenvalue weighted by molar-refractivity contribution is -0.147. The Morgan fingerprint density at radius 3 is 2.67 bits per heavy atom. The zero-order valence-electron chi connectivity index (χ0n) is 14.7. The van der Waals surface area contributed by atoms with Gasteiger partial charge in [-0.15, -0.1) is 0 Å². The lowest BCUT2D eigenvalue weighted by atomic mass is 9.94.